The second-order valence-corrected chi connectivity index (χ2v) is 5.03. The fourth-order valence-electron chi connectivity index (χ4n) is 2.44. The Labute approximate surface area is 108 Å². The smallest absolute Gasteiger partial charge is 0.0991 e. The van der Waals surface area contributed by atoms with Gasteiger partial charge in [0.25, 0.3) is 0 Å². The fourth-order valence-corrected chi connectivity index (χ4v) is 2.44. The first kappa shape index (κ1) is 11.0. The molecule has 2 aromatic rings. The minimum Gasteiger partial charge on any atom is -0.192 e. The number of rotatable bonds is 2. The van der Waals surface area contributed by atoms with Crippen LogP contribution in [0.1, 0.15) is 35.4 Å². The summed E-state index contributed by atoms with van der Waals surface area (Å²) in [7, 11) is 0. The van der Waals surface area contributed by atoms with Crippen LogP contribution < -0.4 is 0 Å². The predicted molar refractivity (Wildman–Crippen MR) is 73.3 cm³/mol. The minimum atomic E-state index is 0.713. The van der Waals surface area contributed by atoms with Gasteiger partial charge in [0.1, 0.15) is 0 Å². The topological polar surface area (TPSA) is 23.8 Å². The molecule has 3 rings (SSSR count). The Morgan fingerprint density at radius 2 is 1.67 bits per heavy atom. The van der Waals surface area contributed by atoms with Gasteiger partial charge in [-0.3, -0.25) is 0 Å². The summed E-state index contributed by atoms with van der Waals surface area (Å²) < 4.78 is 0. The van der Waals surface area contributed by atoms with Crippen LogP contribution in [0.15, 0.2) is 42.5 Å². The zero-order chi connectivity index (χ0) is 12.5. The van der Waals surface area contributed by atoms with Crippen molar-refractivity contribution >= 4 is 0 Å². The molecule has 0 spiro atoms. The lowest BCUT2D eigenvalue weighted by atomic mass is 9.97. The Morgan fingerprint density at radius 3 is 2.22 bits per heavy atom. The molecule has 0 aromatic heterocycles. The second kappa shape index (κ2) is 4.31. The fraction of sp³-hybridized carbons (Fsp3) is 0.235. The van der Waals surface area contributed by atoms with E-state index in [2.05, 4.69) is 31.2 Å². The molecule has 1 aliphatic rings. The summed E-state index contributed by atoms with van der Waals surface area (Å²) in [6.07, 6.45) is 2.69. The molecule has 0 aliphatic heterocycles. The van der Waals surface area contributed by atoms with Crippen LogP contribution in [-0.4, -0.2) is 0 Å². The first-order valence-corrected chi connectivity index (χ1v) is 6.39. The van der Waals surface area contributed by atoms with Crippen LogP contribution in [0.5, 0.6) is 0 Å². The zero-order valence-electron chi connectivity index (χ0n) is 10.5. The van der Waals surface area contributed by atoms with E-state index in [1.165, 1.54) is 35.1 Å². The van der Waals surface area contributed by atoms with Crippen LogP contribution in [0.25, 0.3) is 11.1 Å². The van der Waals surface area contributed by atoms with E-state index in [0.717, 1.165) is 5.92 Å². The van der Waals surface area contributed by atoms with Crippen molar-refractivity contribution in [2.45, 2.75) is 25.7 Å². The number of nitrogens with zero attached hydrogens (tertiary/aromatic N) is 1. The average Bonchev–Trinajstić information content (AvgIpc) is 3.23. The molecule has 1 heteroatoms. The lowest BCUT2D eigenvalue weighted by Crippen LogP contribution is -1.87. The lowest BCUT2D eigenvalue weighted by molar-refractivity contribution is 1.10. The maximum Gasteiger partial charge on any atom is 0.0991 e. The normalized spacial score (nSPS) is 14.2. The van der Waals surface area contributed by atoms with Gasteiger partial charge in [0.2, 0.25) is 0 Å². The van der Waals surface area contributed by atoms with Gasteiger partial charge in [0, 0.05) is 0 Å². The molecule has 0 saturated heterocycles. The first-order valence-electron chi connectivity index (χ1n) is 6.39. The third kappa shape index (κ3) is 2.02. The Morgan fingerprint density at radius 1 is 1.00 bits per heavy atom. The highest BCUT2D eigenvalue weighted by Crippen LogP contribution is 2.42. The van der Waals surface area contributed by atoms with Crippen LogP contribution >= 0.6 is 0 Å². The summed E-state index contributed by atoms with van der Waals surface area (Å²) in [6.45, 7) is 2.20. The number of hydrogen-bond acceptors (Lipinski definition) is 1. The van der Waals surface area contributed by atoms with Crippen molar-refractivity contribution < 1.29 is 0 Å². The van der Waals surface area contributed by atoms with Gasteiger partial charge in [0.15, 0.2) is 0 Å². The Hall–Kier alpha value is -2.07. The molecule has 1 nitrogen and oxygen atoms in total. The average molecular weight is 233 g/mol. The van der Waals surface area contributed by atoms with Gasteiger partial charge in [-0.05, 0) is 60.1 Å². The molecule has 0 bridgehead atoms. The third-order valence-corrected chi connectivity index (χ3v) is 3.63. The van der Waals surface area contributed by atoms with E-state index < -0.39 is 0 Å². The summed E-state index contributed by atoms with van der Waals surface area (Å²) in [5, 5.41) is 8.80. The van der Waals surface area contributed by atoms with Gasteiger partial charge < -0.3 is 0 Å². The van der Waals surface area contributed by atoms with Crippen molar-refractivity contribution in [3.8, 4) is 17.2 Å². The zero-order valence-corrected chi connectivity index (χ0v) is 10.5. The summed E-state index contributed by atoms with van der Waals surface area (Å²) in [5.74, 6) is 0.806. The van der Waals surface area contributed by atoms with Crippen molar-refractivity contribution in [1.82, 2.24) is 0 Å². The van der Waals surface area contributed by atoms with Crippen LogP contribution in [0.2, 0.25) is 0 Å². The second-order valence-electron chi connectivity index (χ2n) is 5.03. The van der Waals surface area contributed by atoms with Gasteiger partial charge in [-0.1, -0.05) is 30.3 Å². The van der Waals surface area contributed by atoms with Crippen LogP contribution in [0.3, 0.4) is 0 Å². The summed E-state index contributed by atoms with van der Waals surface area (Å²) in [4.78, 5) is 0. The van der Waals surface area contributed by atoms with Gasteiger partial charge in [0.05, 0.1) is 11.6 Å². The molecule has 0 radical (unpaired) electrons. The number of aryl methyl sites for hydroxylation is 1. The van der Waals surface area contributed by atoms with Crippen molar-refractivity contribution in [1.29, 1.82) is 5.26 Å². The maximum absolute atomic E-state index is 8.80. The van der Waals surface area contributed by atoms with E-state index in [1.807, 2.05) is 24.3 Å². The molecule has 0 amide bonds. The maximum atomic E-state index is 8.80. The van der Waals surface area contributed by atoms with Gasteiger partial charge in [-0.2, -0.15) is 5.26 Å². The SMILES string of the molecule is Cc1cc(-c2ccc(C#N)cc2)ccc1C1CC1. The highest BCUT2D eigenvalue weighted by molar-refractivity contribution is 5.66. The van der Waals surface area contributed by atoms with Gasteiger partial charge in [-0.25, -0.2) is 0 Å². The van der Waals surface area contributed by atoms with Crippen molar-refractivity contribution in [3.05, 3.63) is 59.2 Å². The lowest BCUT2D eigenvalue weighted by Gasteiger charge is -2.08. The van der Waals surface area contributed by atoms with Crippen LogP contribution in [0.4, 0.5) is 0 Å². The first-order chi connectivity index (χ1) is 8.78. The number of benzene rings is 2. The van der Waals surface area contributed by atoms with Gasteiger partial charge in [-0.15, -0.1) is 0 Å². The highest BCUT2D eigenvalue weighted by Gasteiger charge is 2.24. The number of hydrogen-bond donors (Lipinski definition) is 0. The Kier molecular flexibility index (Phi) is 2.64. The monoisotopic (exact) mass is 233 g/mol. The third-order valence-electron chi connectivity index (χ3n) is 3.63. The van der Waals surface area contributed by atoms with Gasteiger partial charge >= 0.3 is 0 Å². The standard InChI is InChI=1S/C17H15N/c1-12-10-16(8-9-17(12)15-6-7-15)14-4-2-13(11-18)3-5-14/h2-5,8-10,15H,6-7H2,1H3. The summed E-state index contributed by atoms with van der Waals surface area (Å²) in [6, 6.07) is 16.7. The predicted octanol–water partition coefficient (Wildman–Crippen LogP) is 4.41. The minimum absolute atomic E-state index is 0.713. The molecule has 0 atom stereocenters. The molecule has 1 aliphatic carbocycles. The highest BCUT2D eigenvalue weighted by atomic mass is 14.3. The molecule has 88 valence electrons. The molecule has 0 heterocycles. The van der Waals surface area contributed by atoms with Crippen LogP contribution in [0, 0.1) is 18.3 Å². The Bertz CT molecular complexity index is 613. The van der Waals surface area contributed by atoms with Crippen molar-refractivity contribution in [2.24, 2.45) is 0 Å². The van der Waals surface area contributed by atoms with E-state index in [9.17, 15) is 0 Å². The number of nitriles is 1. The molecule has 1 fully saturated rings. The molecule has 18 heavy (non-hydrogen) atoms. The largest absolute Gasteiger partial charge is 0.192 e. The quantitative estimate of drug-likeness (QED) is 0.753. The van der Waals surface area contributed by atoms with E-state index in [-0.39, 0.29) is 0 Å². The summed E-state index contributed by atoms with van der Waals surface area (Å²) >= 11 is 0. The molecular formula is C17H15N. The van der Waals surface area contributed by atoms with Crippen LogP contribution in [-0.2, 0) is 0 Å². The van der Waals surface area contributed by atoms with E-state index in [0.29, 0.717) is 5.56 Å². The summed E-state index contributed by atoms with van der Waals surface area (Å²) in [5.41, 5.74) is 6.03. The molecule has 2 aromatic carbocycles. The molecular weight excluding hydrogens is 218 g/mol. The van der Waals surface area contributed by atoms with Crippen molar-refractivity contribution in [2.75, 3.05) is 0 Å². The molecule has 0 unspecified atom stereocenters. The molecule has 1 saturated carbocycles. The van der Waals surface area contributed by atoms with E-state index in [1.54, 1.807) is 0 Å². The van der Waals surface area contributed by atoms with Crippen molar-refractivity contribution in [3.63, 3.8) is 0 Å². The van der Waals surface area contributed by atoms with E-state index >= 15 is 0 Å². The molecule has 0 N–H and O–H groups in total. The van der Waals surface area contributed by atoms with E-state index in [4.69, 9.17) is 5.26 Å². The Balaban J connectivity index is 1.96.